The Kier molecular flexibility index (Phi) is 3.78. The van der Waals surface area contributed by atoms with E-state index in [9.17, 15) is 9.59 Å². The summed E-state index contributed by atoms with van der Waals surface area (Å²) in [5.74, 6) is -0.540. The van der Waals surface area contributed by atoms with Crippen molar-refractivity contribution in [2.24, 2.45) is 0 Å². The number of H-pyrrole nitrogens is 1. The fourth-order valence-corrected chi connectivity index (χ4v) is 2.36. The SMILES string of the molecule is Cc1cccc(C(=O)NCCc2ccc3oc(=O)[nH]c3c2)c1. The number of fused-ring (bicyclic) bond motifs is 1. The lowest BCUT2D eigenvalue weighted by atomic mass is 10.1. The molecule has 2 N–H and O–H groups in total. The van der Waals surface area contributed by atoms with E-state index in [0.29, 0.717) is 29.6 Å². The number of carbonyl (C=O) groups is 1. The number of amides is 1. The Morgan fingerprint density at radius 3 is 2.91 bits per heavy atom. The van der Waals surface area contributed by atoms with Gasteiger partial charge in [-0.2, -0.15) is 0 Å². The van der Waals surface area contributed by atoms with Crippen molar-refractivity contribution in [2.75, 3.05) is 6.54 Å². The summed E-state index contributed by atoms with van der Waals surface area (Å²) in [4.78, 5) is 25.8. The predicted octanol–water partition coefficient (Wildman–Crippen LogP) is 2.40. The highest BCUT2D eigenvalue weighted by Gasteiger charge is 2.06. The normalized spacial score (nSPS) is 10.8. The first kappa shape index (κ1) is 14.1. The van der Waals surface area contributed by atoms with Gasteiger partial charge in [-0.25, -0.2) is 4.79 Å². The second-order valence-corrected chi connectivity index (χ2v) is 5.22. The highest BCUT2D eigenvalue weighted by molar-refractivity contribution is 5.94. The zero-order chi connectivity index (χ0) is 15.5. The quantitative estimate of drug-likeness (QED) is 0.776. The highest BCUT2D eigenvalue weighted by Crippen LogP contribution is 2.12. The number of oxazole rings is 1. The average molecular weight is 296 g/mol. The van der Waals surface area contributed by atoms with E-state index in [1.165, 1.54) is 0 Å². The standard InChI is InChI=1S/C17H16N2O3/c1-11-3-2-4-13(9-11)16(20)18-8-7-12-5-6-15-14(10-12)19-17(21)22-15/h2-6,9-10H,7-8H2,1H3,(H,18,20)(H,19,21). The third kappa shape index (κ3) is 3.09. The molecule has 112 valence electrons. The van der Waals surface area contributed by atoms with Crippen LogP contribution in [0.1, 0.15) is 21.5 Å². The summed E-state index contributed by atoms with van der Waals surface area (Å²) in [6.45, 7) is 2.48. The van der Waals surface area contributed by atoms with Crippen molar-refractivity contribution in [3.63, 3.8) is 0 Å². The molecule has 0 aliphatic heterocycles. The van der Waals surface area contributed by atoms with Gasteiger partial charge < -0.3 is 9.73 Å². The molecule has 1 amide bonds. The fourth-order valence-electron chi connectivity index (χ4n) is 2.36. The minimum Gasteiger partial charge on any atom is -0.408 e. The van der Waals surface area contributed by atoms with Crippen LogP contribution >= 0.6 is 0 Å². The number of rotatable bonds is 4. The first-order valence-electron chi connectivity index (χ1n) is 7.08. The first-order chi connectivity index (χ1) is 10.6. The van der Waals surface area contributed by atoms with Gasteiger partial charge in [-0.1, -0.05) is 23.8 Å². The lowest BCUT2D eigenvalue weighted by molar-refractivity contribution is 0.0954. The van der Waals surface area contributed by atoms with Crippen LogP contribution in [-0.4, -0.2) is 17.4 Å². The number of hydrogen-bond donors (Lipinski definition) is 2. The van der Waals surface area contributed by atoms with E-state index in [4.69, 9.17) is 4.42 Å². The molecule has 22 heavy (non-hydrogen) atoms. The van der Waals surface area contributed by atoms with Gasteiger partial charge in [-0.3, -0.25) is 9.78 Å². The van der Waals surface area contributed by atoms with Gasteiger partial charge in [0.25, 0.3) is 5.91 Å². The molecule has 5 heteroatoms. The van der Waals surface area contributed by atoms with E-state index in [-0.39, 0.29) is 5.91 Å². The minimum absolute atomic E-state index is 0.0819. The fraction of sp³-hybridized carbons (Fsp3) is 0.176. The molecule has 5 nitrogen and oxygen atoms in total. The number of aromatic amines is 1. The van der Waals surface area contributed by atoms with E-state index in [1.807, 2.05) is 37.3 Å². The van der Waals surface area contributed by atoms with Gasteiger partial charge in [-0.15, -0.1) is 0 Å². The van der Waals surface area contributed by atoms with E-state index in [2.05, 4.69) is 10.3 Å². The Balaban J connectivity index is 1.62. The molecule has 0 saturated heterocycles. The topological polar surface area (TPSA) is 75.1 Å². The van der Waals surface area contributed by atoms with Gasteiger partial charge in [0.05, 0.1) is 5.52 Å². The van der Waals surface area contributed by atoms with Gasteiger partial charge in [0.2, 0.25) is 0 Å². The van der Waals surface area contributed by atoms with Crippen LogP contribution in [0.25, 0.3) is 11.1 Å². The Hall–Kier alpha value is -2.82. The monoisotopic (exact) mass is 296 g/mol. The number of aryl methyl sites for hydroxylation is 1. The van der Waals surface area contributed by atoms with Crippen molar-refractivity contribution in [3.05, 3.63) is 69.7 Å². The van der Waals surface area contributed by atoms with Crippen LogP contribution in [0.2, 0.25) is 0 Å². The van der Waals surface area contributed by atoms with Crippen molar-refractivity contribution in [1.82, 2.24) is 10.3 Å². The summed E-state index contributed by atoms with van der Waals surface area (Å²) >= 11 is 0. The lowest BCUT2D eigenvalue weighted by Gasteiger charge is -2.06. The third-order valence-corrected chi connectivity index (χ3v) is 3.46. The molecule has 3 rings (SSSR count). The molecule has 1 heterocycles. The van der Waals surface area contributed by atoms with Crippen LogP contribution in [-0.2, 0) is 6.42 Å². The van der Waals surface area contributed by atoms with Gasteiger partial charge in [0.15, 0.2) is 5.58 Å². The van der Waals surface area contributed by atoms with Gasteiger partial charge >= 0.3 is 5.76 Å². The second-order valence-electron chi connectivity index (χ2n) is 5.22. The molecule has 0 atom stereocenters. The molecule has 0 saturated carbocycles. The maximum absolute atomic E-state index is 12.0. The summed E-state index contributed by atoms with van der Waals surface area (Å²) in [6.07, 6.45) is 0.681. The number of hydrogen-bond acceptors (Lipinski definition) is 3. The maximum Gasteiger partial charge on any atom is 0.417 e. The lowest BCUT2D eigenvalue weighted by Crippen LogP contribution is -2.25. The summed E-state index contributed by atoms with van der Waals surface area (Å²) in [5, 5.41) is 2.89. The largest absolute Gasteiger partial charge is 0.417 e. The Morgan fingerprint density at radius 1 is 1.23 bits per heavy atom. The van der Waals surface area contributed by atoms with Crippen molar-refractivity contribution in [3.8, 4) is 0 Å². The van der Waals surface area contributed by atoms with Crippen LogP contribution in [0.3, 0.4) is 0 Å². The van der Waals surface area contributed by atoms with Gasteiger partial charge in [0.1, 0.15) is 0 Å². The molecule has 1 aromatic heterocycles. The molecule has 0 spiro atoms. The molecule has 0 bridgehead atoms. The molecule has 0 aliphatic carbocycles. The van der Waals surface area contributed by atoms with E-state index < -0.39 is 5.76 Å². The average Bonchev–Trinajstić information content (AvgIpc) is 2.86. The van der Waals surface area contributed by atoms with Crippen molar-refractivity contribution in [2.45, 2.75) is 13.3 Å². The Morgan fingerprint density at radius 2 is 2.09 bits per heavy atom. The number of aromatic nitrogens is 1. The zero-order valence-corrected chi connectivity index (χ0v) is 12.2. The van der Waals surface area contributed by atoms with Gasteiger partial charge in [-0.05, 0) is 43.2 Å². The van der Waals surface area contributed by atoms with Crippen LogP contribution < -0.4 is 11.1 Å². The second kappa shape index (κ2) is 5.89. The molecule has 0 radical (unpaired) electrons. The van der Waals surface area contributed by atoms with Crippen molar-refractivity contribution < 1.29 is 9.21 Å². The smallest absolute Gasteiger partial charge is 0.408 e. The molecular formula is C17H16N2O3. The van der Waals surface area contributed by atoms with Crippen LogP contribution in [0.4, 0.5) is 0 Å². The summed E-state index contributed by atoms with van der Waals surface area (Å²) < 4.78 is 4.95. The summed E-state index contributed by atoms with van der Waals surface area (Å²) in [7, 11) is 0. The Labute approximate surface area is 127 Å². The van der Waals surface area contributed by atoms with E-state index in [0.717, 1.165) is 11.1 Å². The molecular weight excluding hydrogens is 280 g/mol. The van der Waals surface area contributed by atoms with Crippen molar-refractivity contribution in [1.29, 1.82) is 0 Å². The maximum atomic E-state index is 12.0. The zero-order valence-electron chi connectivity index (χ0n) is 12.2. The van der Waals surface area contributed by atoms with Crippen molar-refractivity contribution >= 4 is 17.0 Å². The minimum atomic E-state index is -0.458. The van der Waals surface area contributed by atoms with E-state index >= 15 is 0 Å². The number of carbonyl (C=O) groups excluding carboxylic acids is 1. The molecule has 0 aliphatic rings. The molecule has 2 aromatic carbocycles. The highest BCUT2D eigenvalue weighted by atomic mass is 16.4. The third-order valence-electron chi connectivity index (χ3n) is 3.46. The number of benzene rings is 2. The predicted molar refractivity (Wildman–Crippen MR) is 84.1 cm³/mol. The van der Waals surface area contributed by atoms with E-state index in [1.54, 1.807) is 12.1 Å². The first-order valence-corrected chi connectivity index (χ1v) is 7.08. The Bertz CT molecular complexity index is 877. The van der Waals surface area contributed by atoms with Crippen LogP contribution in [0.15, 0.2) is 51.7 Å². The van der Waals surface area contributed by atoms with Crippen LogP contribution in [0, 0.1) is 6.92 Å². The molecule has 0 unspecified atom stereocenters. The summed E-state index contributed by atoms with van der Waals surface area (Å²) in [5.41, 5.74) is 3.95. The van der Waals surface area contributed by atoms with Gasteiger partial charge in [0, 0.05) is 12.1 Å². The molecule has 0 fully saturated rings. The van der Waals surface area contributed by atoms with Crippen LogP contribution in [0.5, 0.6) is 0 Å². The number of nitrogens with one attached hydrogen (secondary N) is 2. The molecule has 3 aromatic rings. The summed E-state index contributed by atoms with van der Waals surface area (Å²) in [6, 6.07) is 13.0.